The second kappa shape index (κ2) is 13.7. The number of piperazine rings is 1. The molecule has 1 aliphatic rings. The molecule has 1 heterocycles. The van der Waals surface area contributed by atoms with Crippen LogP contribution in [0.25, 0.3) is 6.08 Å². The van der Waals surface area contributed by atoms with Gasteiger partial charge in [-0.05, 0) is 47.1 Å². The Balaban J connectivity index is 1.22. The normalized spacial score (nSPS) is 13.7. The lowest BCUT2D eigenvalue weighted by Crippen LogP contribution is -2.50. The van der Waals surface area contributed by atoms with Gasteiger partial charge in [0.15, 0.2) is 5.11 Å². The molecule has 7 heteroatoms. The predicted octanol–water partition coefficient (Wildman–Crippen LogP) is 5.76. The van der Waals surface area contributed by atoms with Crippen LogP contribution in [0.2, 0.25) is 0 Å². The van der Waals surface area contributed by atoms with Crippen molar-refractivity contribution in [3.63, 3.8) is 0 Å². The first-order valence-electron chi connectivity index (χ1n) is 13.7. The second-order valence-corrected chi connectivity index (χ2v) is 10.2. The summed E-state index contributed by atoms with van der Waals surface area (Å²) in [6.07, 6.45) is 3.15. The van der Waals surface area contributed by atoms with E-state index in [1.165, 1.54) is 17.2 Å². The average Bonchev–Trinajstić information content (AvgIpc) is 3.02. The van der Waals surface area contributed by atoms with Gasteiger partial charge in [-0.25, -0.2) is 0 Å². The quantitative estimate of drug-likeness (QED) is 0.222. The van der Waals surface area contributed by atoms with Crippen molar-refractivity contribution in [2.45, 2.75) is 6.04 Å². The van der Waals surface area contributed by atoms with Crippen LogP contribution >= 0.6 is 12.2 Å². The van der Waals surface area contributed by atoms with Gasteiger partial charge in [-0.1, -0.05) is 103 Å². The van der Waals surface area contributed by atoms with Crippen LogP contribution in [0.1, 0.15) is 33.1 Å². The van der Waals surface area contributed by atoms with E-state index < -0.39 is 0 Å². The van der Waals surface area contributed by atoms with E-state index in [2.05, 4.69) is 64.1 Å². The van der Waals surface area contributed by atoms with E-state index in [9.17, 15) is 9.59 Å². The van der Waals surface area contributed by atoms with E-state index in [1.54, 1.807) is 18.2 Å². The van der Waals surface area contributed by atoms with Crippen LogP contribution in [0.15, 0.2) is 121 Å². The molecule has 0 radical (unpaired) electrons. The third kappa shape index (κ3) is 7.33. The summed E-state index contributed by atoms with van der Waals surface area (Å²) in [5, 5.41) is 5.82. The lowest BCUT2D eigenvalue weighted by molar-refractivity contribution is -0.115. The number of thiocarbonyl (C=S) groups is 1. The molecule has 2 N–H and O–H groups in total. The fourth-order valence-corrected chi connectivity index (χ4v) is 5.27. The van der Waals surface area contributed by atoms with Gasteiger partial charge in [-0.2, -0.15) is 0 Å². The Bertz CT molecular complexity index is 1460. The molecule has 0 saturated carbocycles. The third-order valence-electron chi connectivity index (χ3n) is 7.07. The van der Waals surface area contributed by atoms with Crippen molar-refractivity contribution in [3.8, 4) is 0 Å². The highest BCUT2D eigenvalue weighted by molar-refractivity contribution is 7.80. The Morgan fingerprint density at radius 2 is 1.24 bits per heavy atom. The maximum Gasteiger partial charge on any atom is 0.256 e. The molecule has 4 aromatic rings. The van der Waals surface area contributed by atoms with E-state index in [0.29, 0.717) is 24.3 Å². The first kappa shape index (κ1) is 28.0. The van der Waals surface area contributed by atoms with Crippen molar-refractivity contribution < 1.29 is 9.59 Å². The second-order valence-electron chi connectivity index (χ2n) is 9.79. The average molecular weight is 561 g/mol. The molecule has 1 aliphatic heterocycles. The number of amides is 2. The fraction of sp³-hybridized carbons (Fsp3) is 0.147. The molecule has 0 aliphatic carbocycles. The van der Waals surface area contributed by atoms with Gasteiger partial charge >= 0.3 is 0 Å². The largest absolute Gasteiger partial charge is 0.336 e. The zero-order chi connectivity index (χ0) is 28.4. The summed E-state index contributed by atoms with van der Waals surface area (Å²) in [6.45, 7) is 2.71. The molecular formula is C34H32N4O2S. The number of nitrogens with one attached hydrogen (secondary N) is 2. The van der Waals surface area contributed by atoms with E-state index in [4.69, 9.17) is 12.2 Å². The molecule has 0 bridgehead atoms. The van der Waals surface area contributed by atoms with Gasteiger partial charge in [-0.3, -0.25) is 19.8 Å². The number of anilines is 1. The van der Waals surface area contributed by atoms with Crippen LogP contribution in [0.5, 0.6) is 0 Å². The Kier molecular flexibility index (Phi) is 9.31. The van der Waals surface area contributed by atoms with Crippen LogP contribution in [-0.2, 0) is 4.79 Å². The predicted molar refractivity (Wildman–Crippen MR) is 168 cm³/mol. The van der Waals surface area contributed by atoms with Gasteiger partial charge in [0.05, 0.1) is 17.3 Å². The molecule has 206 valence electrons. The van der Waals surface area contributed by atoms with Crippen LogP contribution < -0.4 is 10.6 Å². The van der Waals surface area contributed by atoms with Crippen molar-refractivity contribution in [2.24, 2.45) is 0 Å². The van der Waals surface area contributed by atoms with Gasteiger partial charge in [0.2, 0.25) is 5.91 Å². The topological polar surface area (TPSA) is 64.7 Å². The highest BCUT2D eigenvalue weighted by Crippen LogP contribution is 2.30. The van der Waals surface area contributed by atoms with Crippen molar-refractivity contribution in [1.82, 2.24) is 15.1 Å². The first-order valence-corrected chi connectivity index (χ1v) is 14.1. The van der Waals surface area contributed by atoms with Crippen molar-refractivity contribution in [2.75, 3.05) is 31.5 Å². The van der Waals surface area contributed by atoms with Gasteiger partial charge < -0.3 is 10.2 Å². The molecule has 6 nitrogen and oxygen atoms in total. The van der Waals surface area contributed by atoms with E-state index in [1.807, 2.05) is 59.5 Å². The lowest BCUT2D eigenvalue weighted by Gasteiger charge is -2.40. The first-order chi connectivity index (χ1) is 20.1. The van der Waals surface area contributed by atoms with Gasteiger partial charge in [0.25, 0.3) is 5.91 Å². The number of nitrogens with zero attached hydrogens (tertiary/aromatic N) is 2. The number of rotatable bonds is 7. The summed E-state index contributed by atoms with van der Waals surface area (Å²) in [4.78, 5) is 30.3. The maximum absolute atomic E-state index is 13.6. The van der Waals surface area contributed by atoms with Crippen LogP contribution in [-0.4, -0.2) is 52.9 Å². The summed E-state index contributed by atoms with van der Waals surface area (Å²) in [5.74, 6) is -0.417. The molecule has 1 fully saturated rings. The zero-order valence-corrected chi connectivity index (χ0v) is 23.5. The highest BCUT2D eigenvalue weighted by Gasteiger charge is 2.29. The summed E-state index contributed by atoms with van der Waals surface area (Å²) >= 11 is 5.37. The van der Waals surface area contributed by atoms with Crippen molar-refractivity contribution in [1.29, 1.82) is 0 Å². The van der Waals surface area contributed by atoms with Gasteiger partial charge in [0, 0.05) is 32.3 Å². The molecule has 2 amide bonds. The minimum absolute atomic E-state index is 0.0678. The molecular weight excluding hydrogens is 528 g/mol. The molecule has 0 spiro atoms. The number of carbonyl (C=O) groups is 2. The molecule has 5 rings (SSSR count). The number of hydrogen-bond acceptors (Lipinski definition) is 4. The van der Waals surface area contributed by atoms with Crippen LogP contribution in [0.3, 0.4) is 0 Å². The van der Waals surface area contributed by atoms with E-state index in [-0.39, 0.29) is 23.0 Å². The molecule has 1 saturated heterocycles. The number of para-hydroxylation sites is 1. The minimum Gasteiger partial charge on any atom is -0.336 e. The Morgan fingerprint density at radius 1 is 0.707 bits per heavy atom. The summed E-state index contributed by atoms with van der Waals surface area (Å²) in [7, 11) is 0. The van der Waals surface area contributed by atoms with Gasteiger partial charge in [-0.15, -0.1) is 0 Å². The summed E-state index contributed by atoms with van der Waals surface area (Å²) in [5.41, 5.74) is 4.46. The summed E-state index contributed by atoms with van der Waals surface area (Å²) in [6, 6.07) is 37.9. The van der Waals surface area contributed by atoms with Crippen LogP contribution in [0.4, 0.5) is 5.69 Å². The van der Waals surface area contributed by atoms with Gasteiger partial charge in [0.1, 0.15) is 0 Å². The Labute approximate surface area is 246 Å². The fourth-order valence-electron chi connectivity index (χ4n) is 5.06. The Morgan fingerprint density at radius 3 is 1.85 bits per heavy atom. The van der Waals surface area contributed by atoms with Crippen LogP contribution in [0, 0.1) is 0 Å². The number of benzene rings is 4. The van der Waals surface area contributed by atoms with Crippen molar-refractivity contribution in [3.05, 3.63) is 144 Å². The maximum atomic E-state index is 13.6. The van der Waals surface area contributed by atoms with Crippen molar-refractivity contribution >= 4 is 40.9 Å². The zero-order valence-electron chi connectivity index (χ0n) is 22.6. The molecule has 0 unspecified atom stereocenters. The van der Waals surface area contributed by atoms with E-state index >= 15 is 0 Å². The molecule has 0 aromatic heterocycles. The monoisotopic (exact) mass is 560 g/mol. The molecule has 41 heavy (non-hydrogen) atoms. The number of hydrogen-bond donors (Lipinski definition) is 2. The minimum atomic E-state index is -0.349. The third-order valence-corrected chi connectivity index (χ3v) is 7.27. The highest BCUT2D eigenvalue weighted by atomic mass is 32.1. The number of carbonyl (C=O) groups excluding carboxylic acids is 2. The smallest absolute Gasteiger partial charge is 0.256 e. The SMILES string of the molecule is O=C(/C=C/c1ccccc1)NC(=S)Nc1ccccc1C(=O)N1CCN(C(c2ccccc2)c2ccccc2)CC1. The standard InChI is InChI=1S/C34H32N4O2S/c39-31(21-20-26-12-4-1-5-13-26)36-34(41)35-30-19-11-10-18-29(30)33(40)38-24-22-37(23-25-38)32(27-14-6-2-7-15-27)28-16-8-3-9-17-28/h1-21,32H,22-25H2,(H2,35,36,39,41)/b21-20+. The lowest BCUT2D eigenvalue weighted by atomic mass is 9.96. The molecule has 0 atom stereocenters. The molecule has 4 aromatic carbocycles. The summed E-state index contributed by atoms with van der Waals surface area (Å²) < 4.78 is 0. The Hall–Kier alpha value is -4.59. The van der Waals surface area contributed by atoms with E-state index in [0.717, 1.165) is 18.7 Å².